The molecule has 158 valence electrons. The van der Waals surface area contributed by atoms with Crippen molar-refractivity contribution in [2.24, 2.45) is 0 Å². The van der Waals surface area contributed by atoms with Crippen LogP contribution < -0.4 is 5.32 Å². The van der Waals surface area contributed by atoms with E-state index < -0.39 is 0 Å². The summed E-state index contributed by atoms with van der Waals surface area (Å²) in [6.07, 6.45) is 3.23. The average molecular weight is 436 g/mol. The van der Waals surface area contributed by atoms with E-state index in [0.717, 1.165) is 11.1 Å². The first kappa shape index (κ1) is 20.8. The summed E-state index contributed by atoms with van der Waals surface area (Å²) in [5.74, 6) is 0.862. The number of benzene rings is 2. The molecule has 0 atom stereocenters. The lowest BCUT2D eigenvalue weighted by Gasteiger charge is -2.11. The molecular formula is C23H22ClN5O2. The van der Waals surface area contributed by atoms with Crippen molar-refractivity contribution in [3.05, 3.63) is 82.4 Å². The number of nitrogens with zero attached hydrogens (tertiary/aromatic N) is 4. The van der Waals surface area contributed by atoms with Crippen molar-refractivity contribution in [1.29, 1.82) is 0 Å². The molecule has 0 aliphatic carbocycles. The standard InChI is InChI=1S/C23H22ClN5O2/c1-14(2)21-27-23(31-28-21)18-9-6-7-15(3)20(18)26-22(30)17-11-25-29(13-17)12-16-8-4-5-10-19(16)24/h4-11,13-14H,12H2,1-3H3,(H,26,30). The third kappa shape index (κ3) is 4.51. The highest BCUT2D eigenvalue weighted by Crippen LogP contribution is 2.31. The molecule has 2 aromatic carbocycles. The SMILES string of the molecule is Cc1cccc(-c2nc(C(C)C)no2)c1NC(=O)c1cnn(Cc2ccccc2Cl)c1. The van der Waals surface area contributed by atoms with E-state index in [2.05, 4.69) is 20.6 Å². The average Bonchev–Trinajstić information content (AvgIpc) is 3.41. The molecule has 2 heterocycles. The number of aryl methyl sites for hydroxylation is 1. The fourth-order valence-corrected chi connectivity index (χ4v) is 3.34. The summed E-state index contributed by atoms with van der Waals surface area (Å²) in [6.45, 7) is 6.38. The highest BCUT2D eigenvalue weighted by molar-refractivity contribution is 6.31. The van der Waals surface area contributed by atoms with Crippen LogP contribution in [-0.2, 0) is 6.54 Å². The van der Waals surface area contributed by atoms with Gasteiger partial charge >= 0.3 is 0 Å². The topological polar surface area (TPSA) is 85.8 Å². The first-order valence-electron chi connectivity index (χ1n) is 9.93. The molecule has 31 heavy (non-hydrogen) atoms. The number of rotatable bonds is 6. The van der Waals surface area contributed by atoms with Crippen LogP contribution in [0.1, 0.15) is 47.1 Å². The van der Waals surface area contributed by atoms with Gasteiger partial charge in [0, 0.05) is 17.1 Å². The largest absolute Gasteiger partial charge is 0.334 e. The van der Waals surface area contributed by atoms with E-state index in [9.17, 15) is 4.79 Å². The number of halogens is 1. The number of hydrogen-bond acceptors (Lipinski definition) is 5. The van der Waals surface area contributed by atoms with Crippen LogP contribution >= 0.6 is 11.6 Å². The van der Waals surface area contributed by atoms with Crippen molar-refractivity contribution in [1.82, 2.24) is 19.9 Å². The molecule has 0 radical (unpaired) electrons. The molecule has 2 aromatic heterocycles. The lowest BCUT2D eigenvalue weighted by molar-refractivity contribution is 0.102. The predicted molar refractivity (Wildman–Crippen MR) is 119 cm³/mol. The molecule has 1 N–H and O–H groups in total. The lowest BCUT2D eigenvalue weighted by atomic mass is 10.1. The van der Waals surface area contributed by atoms with E-state index in [1.807, 2.05) is 63.2 Å². The maximum absolute atomic E-state index is 12.9. The molecule has 0 aliphatic heterocycles. The van der Waals surface area contributed by atoms with Crippen molar-refractivity contribution >= 4 is 23.2 Å². The Hall–Kier alpha value is -3.45. The fraction of sp³-hybridized carbons (Fsp3) is 0.217. The van der Waals surface area contributed by atoms with Crippen LogP contribution in [-0.4, -0.2) is 25.8 Å². The van der Waals surface area contributed by atoms with Crippen LogP contribution in [0.25, 0.3) is 11.5 Å². The monoisotopic (exact) mass is 435 g/mol. The maximum atomic E-state index is 12.9. The van der Waals surface area contributed by atoms with Crippen molar-refractivity contribution in [3.8, 4) is 11.5 Å². The Morgan fingerprint density at radius 2 is 2.00 bits per heavy atom. The van der Waals surface area contributed by atoms with Gasteiger partial charge in [-0.1, -0.05) is 60.9 Å². The van der Waals surface area contributed by atoms with Gasteiger partial charge < -0.3 is 9.84 Å². The van der Waals surface area contributed by atoms with Crippen molar-refractivity contribution in [2.75, 3.05) is 5.32 Å². The molecule has 4 aromatic rings. The van der Waals surface area contributed by atoms with Crippen LogP contribution in [0.15, 0.2) is 59.4 Å². The van der Waals surface area contributed by atoms with Gasteiger partial charge in [0.1, 0.15) is 0 Å². The van der Waals surface area contributed by atoms with Crippen molar-refractivity contribution < 1.29 is 9.32 Å². The molecule has 0 unspecified atom stereocenters. The molecule has 8 heteroatoms. The van der Waals surface area contributed by atoms with Gasteiger partial charge in [-0.25, -0.2) is 0 Å². The quantitative estimate of drug-likeness (QED) is 0.443. The van der Waals surface area contributed by atoms with Crippen LogP contribution in [0.2, 0.25) is 5.02 Å². The summed E-state index contributed by atoms with van der Waals surface area (Å²) in [6, 6.07) is 13.2. The van der Waals surface area contributed by atoms with Crippen molar-refractivity contribution in [2.45, 2.75) is 33.2 Å². The molecular weight excluding hydrogens is 414 g/mol. The minimum absolute atomic E-state index is 0.143. The zero-order chi connectivity index (χ0) is 22.0. The number of amides is 1. The normalized spacial score (nSPS) is 11.1. The molecule has 0 aliphatic rings. The summed E-state index contributed by atoms with van der Waals surface area (Å²) in [7, 11) is 0. The van der Waals surface area contributed by atoms with Gasteiger partial charge in [-0.15, -0.1) is 0 Å². The molecule has 0 saturated carbocycles. The number of carbonyl (C=O) groups excluding carboxylic acids is 1. The summed E-state index contributed by atoms with van der Waals surface area (Å²) in [4.78, 5) is 17.4. The van der Waals surface area contributed by atoms with E-state index in [4.69, 9.17) is 16.1 Å². The van der Waals surface area contributed by atoms with E-state index >= 15 is 0 Å². The van der Waals surface area contributed by atoms with Gasteiger partial charge in [0.2, 0.25) is 0 Å². The number of carbonyl (C=O) groups is 1. The molecule has 4 rings (SSSR count). The lowest BCUT2D eigenvalue weighted by Crippen LogP contribution is -2.13. The molecule has 0 saturated heterocycles. The Kier molecular flexibility index (Phi) is 5.86. The summed E-state index contributed by atoms with van der Waals surface area (Å²) < 4.78 is 7.12. The zero-order valence-corrected chi connectivity index (χ0v) is 18.2. The van der Waals surface area contributed by atoms with Gasteiger partial charge in [-0.05, 0) is 30.2 Å². The maximum Gasteiger partial charge on any atom is 0.260 e. The summed E-state index contributed by atoms with van der Waals surface area (Å²) >= 11 is 6.22. The Bertz CT molecular complexity index is 1230. The Labute approximate surface area is 185 Å². The fourth-order valence-electron chi connectivity index (χ4n) is 3.14. The van der Waals surface area contributed by atoms with Gasteiger partial charge in [0.15, 0.2) is 5.82 Å². The molecule has 7 nitrogen and oxygen atoms in total. The Morgan fingerprint density at radius 1 is 1.19 bits per heavy atom. The van der Waals surface area contributed by atoms with E-state index in [-0.39, 0.29) is 11.8 Å². The van der Waals surface area contributed by atoms with E-state index in [0.29, 0.717) is 40.1 Å². The highest BCUT2D eigenvalue weighted by Gasteiger charge is 2.19. The third-order valence-electron chi connectivity index (χ3n) is 4.89. The molecule has 0 fully saturated rings. The smallest absolute Gasteiger partial charge is 0.260 e. The van der Waals surface area contributed by atoms with Gasteiger partial charge in [0.25, 0.3) is 11.8 Å². The number of para-hydroxylation sites is 1. The number of aromatic nitrogens is 4. The Balaban J connectivity index is 1.57. The van der Waals surface area contributed by atoms with E-state index in [1.165, 1.54) is 6.20 Å². The van der Waals surface area contributed by atoms with Gasteiger partial charge in [0.05, 0.1) is 29.6 Å². The molecule has 0 bridgehead atoms. The molecule has 1 amide bonds. The first-order chi connectivity index (χ1) is 14.9. The summed E-state index contributed by atoms with van der Waals surface area (Å²) in [5, 5.41) is 12.0. The van der Waals surface area contributed by atoms with Crippen LogP contribution in [0.3, 0.4) is 0 Å². The third-order valence-corrected chi connectivity index (χ3v) is 5.25. The van der Waals surface area contributed by atoms with Gasteiger partial charge in [-0.3, -0.25) is 9.48 Å². The second-order valence-electron chi connectivity index (χ2n) is 7.58. The number of hydrogen-bond donors (Lipinski definition) is 1. The van der Waals surface area contributed by atoms with E-state index in [1.54, 1.807) is 10.9 Å². The minimum atomic E-state index is -0.274. The van der Waals surface area contributed by atoms with Gasteiger partial charge in [-0.2, -0.15) is 10.1 Å². The molecule has 0 spiro atoms. The first-order valence-corrected chi connectivity index (χ1v) is 10.3. The zero-order valence-electron chi connectivity index (χ0n) is 17.5. The van der Waals surface area contributed by atoms with Crippen LogP contribution in [0, 0.1) is 6.92 Å². The predicted octanol–water partition coefficient (Wildman–Crippen LogP) is 5.32. The van der Waals surface area contributed by atoms with Crippen LogP contribution in [0.4, 0.5) is 5.69 Å². The van der Waals surface area contributed by atoms with Crippen LogP contribution in [0.5, 0.6) is 0 Å². The summed E-state index contributed by atoms with van der Waals surface area (Å²) in [5.41, 5.74) is 3.56. The number of nitrogens with one attached hydrogen (secondary N) is 1. The van der Waals surface area contributed by atoms with Crippen molar-refractivity contribution in [3.63, 3.8) is 0 Å². The second-order valence-corrected chi connectivity index (χ2v) is 7.99. The second kappa shape index (κ2) is 8.73. The highest BCUT2D eigenvalue weighted by atomic mass is 35.5. The number of anilines is 1. The Morgan fingerprint density at radius 3 is 2.74 bits per heavy atom. The minimum Gasteiger partial charge on any atom is -0.334 e.